The quantitative estimate of drug-likeness (QED) is 0.605. The van der Waals surface area contributed by atoms with Crippen molar-refractivity contribution in [1.82, 2.24) is 4.98 Å². The molecule has 0 aliphatic carbocycles. The summed E-state index contributed by atoms with van der Waals surface area (Å²) in [5.74, 6) is 6.12. The Kier molecular flexibility index (Phi) is 3.29. The van der Waals surface area contributed by atoms with Gasteiger partial charge in [0.15, 0.2) is 0 Å². The summed E-state index contributed by atoms with van der Waals surface area (Å²) in [5, 5.41) is 0. The molecule has 1 aliphatic heterocycles. The SMILES string of the molecule is CCC1CCC(C)N1c1ccnc(NN)c1. The van der Waals surface area contributed by atoms with Crippen LogP contribution in [0.2, 0.25) is 0 Å². The smallest absolute Gasteiger partial charge is 0.141 e. The third-order valence-corrected chi connectivity index (χ3v) is 3.45. The zero-order valence-electron chi connectivity index (χ0n) is 9.98. The van der Waals surface area contributed by atoms with E-state index in [4.69, 9.17) is 5.84 Å². The molecule has 1 saturated heterocycles. The van der Waals surface area contributed by atoms with E-state index in [1.807, 2.05) is 12.3 Å². The Labute approximate surface area is 96.8 Å². The molecule has 0 amide bonds. The van der Waals surface area contributed by atoms with E-state index < -0.39 is 0 Å². The molecule has 1 aromatic heterocycles. The number of nitrogen functional groups attached to an aromatic ring is 1. The molecule has 0 radical (unpaired) electrons. The Morgan fingerprint density at radius 2 is 2.38 bits per heavy atom. The van der Waals surface area contributed by atoms with Crippen molar-refractivity contribution in [3.8, 4) is 0 Å². The predicted molar refractivity (Wildman–Crippen MR) is 67.3 cm³/mol. The molecule has 2 atom stereocenters. The summed E-state index contributed by atoms with van der Waals surface area (Å²) in [7, 11) is 0. The van der Waals surface area contributed by atoms with Crippen molar-refractivity contribution in [2.75, 3.05) is 10.3 Å². The van der Waals surface area contributed by atoms with Crippen molar-refractivity contribution in [1.29, 1.82) is 0 Å². The van der Waals surface area contributed by atoms with E-state index in [0.29, 0.717) is 12.1 Å². The molecule has 0 bridgehead atoms. The van der Waals surface area contributed by atoms with Crippen molar-refractivity contribution in [2.45, 2.75) is 45.2 Å². The van der Waals surface area contributed by atoms with Crippen LogP contribution in [0, 0.1) is 0 Å². The minimum absolute atomic E-state index is 0.609. The topological polar surface area (TPSA) is 54.2 Å². The van der Waals surface area contributed by atoms with Gasteiger partial charge in [-0.1, -0.05) is 6.92 Å². The number of hydrogen-bond donors (Lipinski definition) is 2. The number of nitrogens with zero attached hydrogens (tertiary/aromatic N) is 2. The maximum absolute atomic E-state index is 5.39. The van der Waals surface area contributed by atoms with E-state index in [2.05, 4.69) is 35.2 Å². The predicted octanol–water partition coefficient (Wildman–Crippen LogP) is 2.13. The van der Waals surface area contributed by atoms with Crippen LogP contribution in [0.4, 0.5) is 11.5 Å². The van der Waals surface area contributed by atoms with Crippen LogP contribution in [0.3, 0.4) is 0 Å². The van der Waals surface area contributed by atoms with Crippen LogP contribution in [0.15, 0.2) is 18.3 Å². The highest BCUT2D eigenvalue weighted by Gasteiger charge is 2.29. The molecule has 88 valence electrons. The molecule has 2 rings (SSSR count). The Morgan fingerprint density at radius 1 is 1.56 bits per heavy atom. The number of nitrogens with one attached hydrogen (secondary N) is 1. The lowest BCUT2D eigenvalue weighted by Crippen LogP contribution is -2.34. The van der Waals surface area contributed by atoms with Gasteiger partial charge in [-0.15, -0.1) is 0 Å². The van der Waals surface area contributed by atoms with Gasteiger partial charge < -0.3 is 10.3 Å². The number of nitrogens with two attached hydrogens (primary N) is 1. The van der Waals surface area contributed by atoms with Crippen LogP contribution in [0.5, 0.6) is 0 Å². The van der Waals surface area contributed by atoms with Crippen molar-refractivity contribution in [3.63, 3.8) is 0 Å². The van der Waals surface area contributed by atoms with E-state index in [-0.39, 0.29) is 0 Å². The van der Waals surface area contributed by atoms with Gasteiger partial charge in [0.25, 0.3) is 0 Å². The number of aromatic nitrogens is 1. The number of pyridine rings is 1. The Hall–Kier alpha value is -1.29. The second-order valence-electron chi connectivity index (χ2n) is 4.44. The summed E-state index contributed by atoms with van der Waals surface area (Å²) in [6, 6.07) is 5.34. The number of hydrogen-bond acceptors (Lipinski definition) is 4. The molecular formula is C12H20N4. The second kappa shape index (κ2) is 4.70. The molecule has 2 unspecified atom stereocenters. The van der Waals surface area contributed by atoms with Crippen LogP contribution in [0.1, 0.15) is 33.1 Å². The summed E-state index contributed by atoms with van der Waals surface area (Å²) in [6.07, 6.45) is 5.55. The van der Waals surface area contributed by atoms with Crippen LogP contribution >= 0.6 is 0 Å². The van der Waals surface area contributed by atoms with Crippen LogP contribution in [0.25, 0.3) is 0 Å². The third kappa shape index (κ3) is 1.97. The number of rotatable bonds is 3. The first-order valence-corrected chi connectivity index (χ1v) is 5.97. The van der Waals surface area contributed by atoms with Gasteiger partial charge in [-0.2, -0.15) is 0 Å². The van der Waals surface area contributed by atoms with Crippen molar-refractivity contribution >= 4 is 11.5 Å². The van der Waals surface area contributed by atoms with Crippen molar-refractivity contribution < 1.29 is 0 Å². The van der Waals surface area contributed by atoms with Crippen molar-refractivity contribution in [2.24, 2.45) is 5.84 Å². The molecular weight excluding hydrogens is 200 g/mol. The van der Waals surface area contributed by atoms with Gasteiger partial charge in [0.2, 0.25) is 0 Å². The summed E-state index contributed by atoms with van der Waals surface area (Å²) < 4.78 is 0. The molecule has 0 spiro atoms. The molecule has 3 N–H and O–H groups in total. The van der Waals surface area contributed by atoms with E-state index in [1.54, 1.807) is 0 Å². The van der Waals surface area contributed by atoms with E-state index in [1.165, 1.54) is 24.9 Å². The van der Waals surface area contributed by atoms with Gasteiger partial charge in [0.05, 0.1) is 0 Å². The largest absolute Gasteiger partial charge is 0.366 e. The summed E-state index contributed by atoms with van der Waals surface area (Å²) in [5.41, 5.74) is 3.82. The number of anilines is 2. The fourth-order valence-corrected chi connectivity index (χ4v) is 2.60. The lowest BCUT2D eigenvalue weighted by Gasteiger charge is -2.30. The summed E-state index contributed by atoms with van der Waals surface area (Å²) >= 11 is 0. The zero-order chi connectivity index (χ0) is 11.5. The molecule has 2 heterocycles. The first-order chi connectivity index (χ1) is 7.76. The fraction of sp³-hybridized carbons (Fsp3) is 0.583. The molecule has 16 heavy (non-hydrogen) atoms. The first kappa shape index (κ1) is 11.2. The Bertz CT molecular complexity index is 353. The molecule has 4 heteroatoms. The van der Waals surface area contributed by atoms with Crippen molar-refractivity contribution in [3.05, 3.63) is 18.3 Å². The third-order valence-electron chi connectivity index (χ3n) is 3.45. The minimum atomic E-state index is 0.609. The number of hydrazine groups is 1. The molecule has 4 nitrogen and oxygen atoms in total. The van der Waals surface area contributed by atoms with E-state index in [0.717, 1.165) is 5.82 Å². The van der Waals surface area contributed by atoms with Gasteiger partial charge in [-0.25, -0.2) is 10.8 Å². The van der Waals surface area contributed by atoms with Gasteiger partial charge >= 0.3 is 0 Å². The Morgan fingerprint density at radius 3 is 3.06 bits per heavy atom. The normalized spacial score (nSPS) is 24.8. The maximum atomic E-state index is 5.39. The van der Waals surface area contributed by atoms with E-state index in [9.17, 15) is 0 Å². The average Bonchev–Trinajstić information content (AvgIpc) is 2.70. The van der Waals surface area contributed by atoms with Crippen LogP contribution < -0.4 is 16.2 Å². The second-order valence-corrected chi connectivity index (χ2v) is 4.44. The average molecular weight is 220 g/mol. The Balaban J connectivity index is 2.27. The minimum Gasteiger partial charge on any atom is -0.366 e. The molecule has 1 fully saturated rings. The van der Waals surface area contributed by atoms with Gasteiger partial charge in [0, 0.05) is 30.0 Å². The molecule has 0 aromatic carbocycles. The molecule has 0 saturated carbocycles. The van der Waals surface area contributed by atoms with Gasteiger partial charge in [-0.05, 0) is 32.3 Å². The van der Waals surface area contributed by atoms with Gasteiger partial charge in [-0.3, -0.25) is 0 Å². The maximum Gasteiger partial charge on any atom is 0.141 e. The lowest BCUT2D eigenvalue weighted by molar-refractivity contribution is 0.628. The first-order valence-electron chi connectivity index (χ1n) is 5.97. The highest BCUT2D eigenvalue weighted by Crippen LogP contribution is 2.32. The summed E-state index contributed by atoms with van der Waals surface area (Å²) in [6.45, 7) is 4.53. The van der Waals surface area contributed by atoms with E-state index >= 15 is 0 Å². The van der Waals surface area contributed by atoms with Gasteiger partial charge in [0.1, 0.15) is 5.82 Å². The fourth-order valence-electron chi connectivity index (χ4n) is 2.60. The van der Waals surface area contributed by atoms with Crippen LogP contribution in [-0.2, 0) is 0 Å². The zero-order valence-corrected chi connectivity index (χ0v) is 9.98. The highest BCUT2D eigenvalue weighted by molar-refractivity contribution is 5.55. The molecule has 1 aliphatic rings. The standard InChI is InChI=1S/C12H20N4/c1-3-10-5-4-9(2)16(10)11-6-7-14-12(8-11)15-13/h6-10H,3-5,13H2,1-2H3,(H,14,15). The van der Waals surface area contributed by atoms with Crippen LogP contribution in [-0.4, -0.2) is 17.1 Å². The summed E-state index contributed by atoms with van der Waals surface area (Å²) in [4.78, 5) is 6.63. The lowest BCUT2D eigenvalue weighted by atomic mass is 10.1. The highest BCUT2D eigenvalue weighted by atomic mass is 15.3. The monoisotopic (exact) mass is 220 g/mol. The molecule has 1 aromatic rings.